The van der Waals surface area contributed by atoms with Crippen LogP contribution in [0.4, 0.5) is 0 Å². The third-order valence-electron chi connectivity index (χ3n) is 4.42. The van der Waals surface area contributed by atoms with E-state index in [9.17, 15) is 4.79 Å². The topological polar surface area (TPSA) is 73.4 Å². The molecule has 0 bridgehead atoms. The highest BCUT2D eigenvalue weighted by Crippen LogP contribution is 2.21. The number of imidazole rings is 1. The van der Waals surface area contributed by atoms with Gasteiger partial charge in [-0.3, -0.25) is 4.79 Å². The van der Waals surface area contributed by atoms with Crippen LogP contribution in [-0.4, -0.2) is 46.2 Å². The number of ether oxygens (including phenoxy) is 1. The number of halogens is 2. The van der Waals surface area contributed by atoms with Crippen LogP contribution in [0.2, 0.25) is 0 Å². The van der Waals surface area contributed by atoms with E-state index in [0.717, 1.165) is 16.9 Å². The van der Waals surface area contributed by atoms with E-state index < -0.39 is 5.54 Å². The molecule has 1 saturated heterocycles. The molecule has 0 radical (unpaired) electrons. The maximum absolute atomic E-state index is 12.7. The molecular formula is C16H24Cl2N4O2. The van der Waals surface area contributed by atoms with Crippen LogP contribution < -0.4 is 5.73 Å². The number of carbonyl (C=O) groups excluding carboxylic acids is 1. The van der Waals surface area contributed by atoms with Crippen molar-refractivity contribution in [2.24, 2.45) is 12.8 Å². The van der Waals surface area contributed by atoms with Crippen LogP contribution in [0.5, 0.6) is 0 Å². The Labute approximate surface area is 154 Å². The van der Waals surface area contributed by atoms with Crippen molar-refractivity contribution in [3.63, 3.8) is 0 Å². The first kappa shape index (κ1) is 20.7. The molecule has 1 aliphatic rings. The molecule has 8 heteroatoms. The molecule has 1 aromatic carbocycles. The number of aromatic nitrogens is 2. The standard InChI is InChI=1S/C16H22N4O2.2ClH/c1-19(15(21)16(17)7-9-22-10-8-16)11-14-18-12-5-3-4-6-13(12)20(14)2;;/h3-6H,7-11,17H2,1-2H3;2*1H. The quantitative estimate of drug-likeness (QED) is 0.889. The molecular weight excluding hydrogens is 351 g/mol. The number of benzene rings is 1. The molecule has 134 valence electrons. The maximum Gasteiger partial charge on any atom is 0.242 e. The van der Waals surface area contributed by atoms with Crippen molar-refractivity contribution in [3.05, 3.63) is 30.1 Å². The molecule has 2 N–H and O–H groups in total. The second-order valence-electron chi connectivity index (χ2n) is 6.01. The van der Waals surface area contributed by atoms with Crippen LogP contribution in [0.3, 0.4) is 0 Å². The third kappa shape index (κ3) is 3.83. The predicted molar refractivity (Wildman–Crippen MR) is 98.7 cm³/mol. The lowest BCUT2D eigenvalue weighted by molar-refractivity contribution is -0.139. The Morgan fingerprint density at radius 2 is 1.96 bits per heavy atom. The summed E-state index contributed by atoms with van der Waals surface area (Å²) in [6, 6.07) is 7.95. The van der Waals surface area contributed by atoms with Gasteiger partial charge in [0.25, 0.3) is 0 Å². The summed E-state index contributed by atoms with van der Waals surface area (Å²) in [4.78, 5) is 18.9. The number of para-hydroxylation sites is 2. The summed E-state index contributed by atoms with van der Waals surface area (Å²) >= 11 is 0. The number of hydrogen-bond donors (Lipinski definition) is 1. The normalized spacial score (nSPS) is 16.1. The fourth-order valence-electron chi connectivity index (χ4n) is 2.95. The van der Waals surface area contributed by atoms with Gasteiger partial charge >= 0.3 is 0 Å². The first-order chi connectivity index (χ1) is 10.5. The first-order valence-corrected chi connectivity index (χ1v) is 7.54. The molecule has 0 spiro atoms. The summed E-state index contributed by atoms with van der Waals surface area (Å²) in [5.41, 5.74) is 7.47. The van der Waals surface area contributed by atoms with Crippen molar-refractivity contribution in [1.29, 1.82) is 0 Å². The van der Waals surface area contributed by atoms with E-state index in [1.165, 1.54) is 0 Å². The highest BCUT2D eigenvalue weighted by molar-refractivity contribution is 5.86. The van der Waals surface area contributed by atoms with Crippen molar-refractivity contribution in [2.75, 3.05) is 20.3 Å². The van der Waals surface area contributed by atoms with Gasteiger partial charge in [-0.15, -0.1) is 24.8 Å². The smallest absolute Gasteiger partial charge is 0.242 e. The minimum Gasteiger partial charge on any atom is -0.381 e. The zero-order valence-electron chi connectivity index (χ0n) is 13.9. The Morgan fingerprint density at radius 1 is 1.33 bits per heavy atom. The molecule has 2 aromatic rings. The highest BCUT2D eigenvalue weighted by atomic mass is 35.5. The van der Waals surface area contributed by atoms with E-state index in [0.29, 0.717) is 32.6 Å². The van der Waals surface area contributed by atoms with Gasteiger partial charge in [0.2, 0.25) is 5.91 Å². The van der Waals surface area contributed by atoms with E-state index in [1.54, 1.807) is 11.9 Å². The van der Waals surface area contributed by atoms with Crippen LogP contribution in [0.15, 0.2) is 24.3 Å². The Bertz CT molecular complexity index is 698. The van der Waals surface area contributed by atoms with Crippen LogP contribution in [-0.2, 0) is 23.1 Å². The van der Waals surface area contributed by atoms with Crippen molar-refractivity contribution in [3.8, 4) is 0 Å². The number of likely N-dealkylation sites (N-methyl/N-ethyl adjacent to an activating group) is 1. The van der Waals surface area contributed by atoms with Crippen LogP contribution >= 0.6 is 24.8 Å². The van der Waals surface area contributed by atoms with Gasteiger partial charge in [0.1, 0.15) is 5.82 Å². The van der Waals surface area contributed by atoms with Crippen molar-refractivity contribution in [2.45, 2.75) is 24.9 Å². The molecule has 1 aromatic heterocycles. The molecule has 24 heavy (non-hydrogen) atoms. The SMILES string of the molecule is CN(Cc1nc2ccccc2n1C)C(=O)C1(N)CCOCC1.Cl.Cl. The second-order valence-corrected chi connectivity index (χ2v) is 6.01. The van der Waals surface area contributed by atoms with Gasteiger partial charge in [0.05, 0.1) is 23.1 Å². The van der Waals surface area contributed by atoms with Gasteiger partial charge in [-0.25, -0.2) is 4.98 Å². The molecule has 6 nitrogen and oxygen atoms in total. The zero-order chi connectivity index (χ0) is 15.7. The van der Waals surface area contributed by atoms with E-state index in [-0.39, 0.29) is 30.7 Å². The molecule has 0 aliphatic carbocycles. The Hall–Kier alpha value is -1.34. The van der Waals surface area contributed by atoms with Crippen molar-refractivity contribution < 1.29 is 9.53 Å². The van der Waals surface area contributed by atoms with Crippen molar-refractivity contribution >= 4 is 41.8 Å². The van der Waals surface area contributed by atoms with Crippen LogP contribution in [0, 0.1) is 0 Å². The van der Waals surface area contributed by atoms with E-state index in [2.05, 4.69) is 4.98 Å². The lowest BCUT2D eigenvalue weighted by Crippen LogP contribution is -2.57. The summed E-state index contributed by atoms with van der Waals surface area (Å²) in [7, 11) is 3.75. The molecule has 1 fully saturated rings. The largest absolute Gasteiger partial charge is 0.381 e. The van der Waals surface area contributed by atoms with Gasteiger partial charge in [-0.05, 0) is 25.0 Å². The lowest BCUT2D eigenvalue weighted by Gasteiger charge is -2.35. The fraction of sp³-hybridized carbons (Fsp3) is 0.500. The number of rotatable bonds is 3. The van der Waals surface area contributed by atoms with Gasteiger partial charge in [-0.2, -0.15) is 0 Å². The van der Waals surface area contributed by atoms with Crippen molar-refractivity contribution in [1.82, 2.24) is 14.5 Å². The Balaban J connectivity index is 0.00000144. The number of nitrogens with zero attached hydrogens (tertiary/aromatic N) is 3. The van der Waals surface area contributed by atoms with Gasteiger partial charge in [0, 0.05) is 27.3 Å². The molecule has 1 aliphatic heterocycles. The number of aryl methyl sites for hydroxylation is 1. The Morgan fingerprint density at radius 3 is 2.58 bits per heavy atom. The summed E-state index contributed by atoms with van der Waals surface area (Å²) < 4.78 is 7.33. The fourth-order valence-corrected chi connectivity index (χ4v) is 2.95. The monoisotopic (exact) mass is 374 g/mol. The average molecular weight is 375 g/mol. The number of nitrogens with two attached hydrogens (primary N) is 1. The minimum absolute atomic E-state index is 0. The number of fused-ring (bicyclic) bond motifs is 1. The molecule has 0 atom stereocenters. The maximum atomic E-state index is 12.7. The summed E-state index contributed by atoms with van der Waals surface area (Å²) in [5.74, 6) is 0.815. The summed E-state index contributed by atoms with van der Waals surface area (Å²) in [6.07, 6.45) is 1.14. The van der Waals surface area contributed by atoms with Crippen LogP contribution in [0.25, 0.3) is 11.0 Å². The van der Waals surface area contributed by atoms with Gasteiger partial charge in [-0.1, -0.05) is 12.1 Å². The molecule has 2 heterocycles. The molecule has 0 saturated carbocycles. The van der Waals surface area contributed by atoms with Crippen LogP contribution in [0.1, 0.15) is 18.7 Å². The number of amides is 1. The average Bonchev–Trinajstić information content (AvgIpc) is 2.84. The molecule has 3 rings (SSSR count). The zero-order valence-corrected chi connectivity index (χ0v) is 15.5. The lowest BCUT2D eigenvalue weighted by atomic mass is 9.90. The van der Waals surface area contributed by atoms with E-state index >= 15 is 0 Å². The first-order valence-electron chi connectivity index (χ1n) is 7.54. The molecule has 0 unspecified atom stereocenters. The molecule has 1 amide bonds. The minimum atomic E-state index is -0.808. The predicted octanol–water partition coefficient (Wildman–Crippen LogP) is 1.88. The summed E-state index contributed by atoms with van der Waals surface area (Å²) in [5, 5.41) is 0. The van der Waals surface area contributed by atoms with E-state index in [4.69, 9.17) is 10.5 Å². The number of hydrogen-bond acceptors (Lipinski definition) is 4. The Kier molecular flexibility index (Phi) is 7.04. The highest BCUT2D eigenvalue weighted by Gasteiger charge is 2.38. The van der Waals surface area contributed by atoms with E-state index in [1.807, 2.05) is 35.9 Å². The number of carbonyl (C=O) groups is 1. The van der Waals surface area contributed by atoms with Gasteiger partial charge in [0.15, 0.2) is 0 Å². The summed E-state index contributed by atoms with van der Waals surface area (Å²) in [6.45, 7) is 1.54. The second kappa shape index (κ2) is 8.16. The third-order valence-corrected chi connectivity index (χ3v) is 4.42. The van der Waals surface area contributed by atoms with Gasteiger partial charge < -0.3 is 19.9 Å².